The van der Waals surface area contributed by atoms with E-state index in [1.807, 2.05) is 24.3 Å². The molecule has 1 heterocycles. The number of rotatable bonds is 2. The fraction of sp³-hybridized carbons (Fsp3) is 0.100. The number of aryl methyl sites for hydroxylation is 1. The third-order valence-electron chi connectivity index (χ3n) is 2.01. The molecule has 1 aromatic heterocycles. The molecule has 82 valence electrons. The van der Waals surface area contributed by atoms with E-state index in [0.29, 0.717) is 17.1 Å². The third-order valence-corrected chi connectivity index (χ3v) is 2.50. The SMILES string of the molecule is Cc1[nH][nH]c(=O)c1N=Nc1cccc(Br)c1. The average Bonchev–Trinajstić information content (AvgIpc) is 2.56. The van der Waals surface area contributed by atoms with Gasteiger partial charge in [-0.2, -0.15) is 5.11 Å². The molecule has 0 bridgehead atoms. The van der Waals surface area contributed by atoms with Crippen LogP contribution in [-0.2, 0) is 0 Å². The van der Waals surface area contributed by atoms with Crippen molar-refractivity contribution in [2.24, 2.45) is 10.2 Å². The summed E-state index contributed by atoms with van der Waals surface area (Å²) in [6.07, 6.45) is 0. The van der Waals surface area contributed by atoms with Crippen molar-refractivity contribution < 1.29 is 0 Å². The Morgan fingerprint density at radius 3 is 2.69 bits per heavy atom. The van der Waals surface area contributed by atoms with Crippen LogP contribution < -0.4 is 5.56 Å². The summed E-state index contributed by atoms with van der Waals surface area (Å²) in [7, 11) is 0. The van der Waals surface area contributed by atoms with E-state index >= 15 is 0 Å². The lowest BCUT2D eigenvalue weighted by atomic mass is 10.3. The van der Waals surface area contributed by atoms with Crippen LogP contribution in [0.1, 0.15) is 5.69 Å². The first kappa shape index (κ1) is 10.8. The highest BCUT2D eigenvalue weighted by atomic mass is 79.9. The van der Waals surface area contributed by atoms with Gasteiger partial charge in [-0.05, 0) is 25.1 Å². The summed E-state index contributed by atoms with van der Waals surface area (Å²) in [5, 5.41) is 13.0. The zero-order valence-electron chi connectivity index (χ0n) is 8.49. The molecule has 5 nitrogen and oxygen atoms in total. The lowest BCUT2D eigenvalue weighted by Gasteiger charge is -1.92. The number of aromatic nitrogens is 2. The van der Waals surface area contributed by atoms with E-state index in [1.165, 1.54) is 0 Å². The number of nitrogens with zero attached hydrogens (tertiary/aromatic N) is 2. The quantitative estimate of drug-likeness (QED) is 0.815. The van der Waals surface area contributed by atoms with Crippen molar-refractivity contribution in [1.29, 1.82) is 0 Å². The summed E-state index contributed by atoms with van der Waals surface area (Å²) in [5.74, 6) is 0. The number of aromatic amines is 2. The van der Waals surface area contributed by atoms with Gasteiger partial charge in [-0.25, -0.2) is 0 Å². The summed E-state index contributed by atoms with van der Waals surface area (Å²) in [5.41, 5.74) is 1.40. The van der Waals surface area contributed by atoms with Crippen LogP contribution in [0.2, 0.25) is 0 Å². The lowest BCUT2D eigenvalue weighted by molar-refractivity contribution is 1.02. The second kappa shape index (κ2) is 4.44. The Labute approximate surface area is 99.7 Å². The molecule has 0 radical (unpaired) electrons. The Balaban J connectivity index is 2.32. The molecule has 0 unspecified atom stereocenters. The second-order valence-corrected chi connectivity index (χ2v) is 4.15. The normalized spacial score (nSPS) is 11.1. The summed E-state index contributed by atoms with van der Waals surface area (Å²) in [6.45, 7) is 1.76. The maximum absolute atomic E-state index is 11.3. The van der Waals surface area contributed by atoms with Crippen molar-refractivity contribution in [2.45, 2.75) is 6.92 Å². The van der Waals surface area contributed by atoms with E-state index < -0.39 is 0 Å². The van der Waals surface area contributed by atoms with Gasteiger partial charge in [-0.1, -0.05) is 22.0 Å². The van der Waals surface area contributed by atoms with Crippen molar-refractivity contribution >= 4 is 27.3 Å². The molecule has 2 N–H and O–H groups in total. The first-order chi connectivity index (χ1) is 7.66. The lowest BCUT2D eigenvalue weighted by Crippen LogP contribution is -1.96. The second-order valence-electron chi connectivity index (χ2n) is 3.23. The van der Waals surface area contributed by atoms with Crippen LogP contribution in [0.15, 0.2) is 43.8 Å². The van der Waals surface area contributed by atoms with E-state index in [1.54, 1.807) is 6.92 Å². The average molecular weight is 281 g/mol. The summed E-state index contributed by atoms with van der Waals surface area (Å²) in [6, 6.07) is 7.38. The van der Waals surface area contributed by atoms with Gasteiger partial charge in [0, 0.05) is 4.47 Å². The van der Waals surface area contributed by atoms with Crippen molar-refractivity contribution in [3.05, 3.63) is 44.8 Å². The number of hydrogen-bond acceptors (Lipinski definition) is 3. The maximum atomic E-state index is 11.3. The molecule has 1 aromatic carbocycles. The number of benzene rings is 1. The molecule has 0 fully saturated rings. The molecule has 6 heteroatoms. The van der Waals surface area contributed by atoms with Crippen LogP contribution in [0.25, 0.3) is 0 Å². The van der Waals surface area contributed by atoms with Gasteiger partial charge in [0.05, 0.1) is 11.4 Å². The van der Waals surface area contributed by atoms with Crippen LogP contribution in [0.4, 0.5) is 11.4 Å². The Hall–Kier alpha value is -1.69. The number of hydrogen-bond donors (Lipinski definition) is 2. The van der Waals surface area contributed by atoms with Gasteiger partial charge in [-0.15, -0.1) is 5.11 Å². The highest BCUT2D eigenvalue weighted by Crippen LogP contribution is 2.20. The molecule has 0 saturated heterocycles. The van der Waals surface area contributed by atoms with Crippen LogP contribution in [0.5, 0.6) is 0 Å². The topological polar surface area (TPSA) is 73.4 Å². The van der Waals surface area contributed by atoms with Crippen LogP contribution >= 0.6 is 15.9 Å². The van der Waals surface area contributed by atoms with Crippen molar-refractivity contribution in [3.8, 4) is 0 Å². The largest absolute Gasteiger partial charge is 0.300 e. The Morgan fingerprint density at radius 1 is 1.25 bits per heavy atom. The van der Waals surface area contributed by atoms with Gasteiger partial charge >= 0.3 is 0 Å². The molecule has 0 atom stereocenters. The summed E-state index contributed by atoms with van der Waals surface area (Å²) in [4.78, 5) is 11.3. The van der Waals surface area contributed by atoms with Gasteiger partial charge < -0.3 is 5.10 Å². The molecular formula is C10H9BrN4O. The minimum absolute atomic E-state index is 0.267. The summed E-state index contributed by atoms with van der Waals surface area (Å²) >= 11 is 3.33. The van der Waals surface area contributed by atoms with E-state index in [2.05, 4.69) is 36.4 Å². The van der Waals surface area contributed by atoms with E-state index in [0.717, 1.165) is 4.47 Å². The highest BCUT2D eigenvalue weighted by molar-refractivity contribution is 9.10. The molecular weight excluding hydrogens is 272 g/mol. The fourth-order valence-electron chi connectivity index (χ4n) is 1.21. The number of halogens is 1. The maximum Gasteiger partial charge on any atom is 0.291 e. The molecule has 0 aliphatic carbocycles. The van der Waals surface area contributed by atoms with Gasteiger partial charge in [0.25, 0.3) is 5.56 Å². The third kappa shape index (κ3) is 2.27. The molecule has 0 amide bonds. The van der Waals surface area contributed by atoms with Crippen molar-refractivity contribution in [1.82, 2.24) is 10.2 Å². The van der Waals surface area contributed by atoms with Crippen LogP contribution in [-0.4, -0.2) is 10.2 Å². The predicted octanol–water partition coefficient (Wildman–Crippen LogP) is 3.19. The van der Waals surface area contributed by atoms with E-state index in [9.17, 15) is 4.79 Å². The monoisotopic (exact) mass is 280 g/mol. The zero-order chi connectivity index (χ0) is 11.5. The standard InChI is InChI=1S/C10H9BrN4O/c1-6-9(10(16)15-12-6)14-13-8-4-2-3-7(11)5-8/h2-5H,1H3,(H2,12,15,16). The smallest absolute Gasteiger partial charge is 0.291 e. The molecule has 0 aliphatic rings. The van der Waals surface area contributed by atoms with Gasteiger partial charge in [-0.3, -0.25) is 9.89 Å². The molecule has 0 saturated carbocycles. The van der Waals surface area contributed by atoms with Crippen molar-refractivity contribution in [2.75, 3.05) is 0 Å². The van der Waals surface area contributed by atoms with Crippen molar-refractivity contribution in [3.63, 3.8) is 0 Å². The molecule has 16 heavy (non-hydrogen) atoms. The summed E-state index contributed by atoms with van der Waals surface area (Å²) < 4.78 is 0.920. The molecule has 0 spiro atoms. The minimum atomic E-state index is -0.267. The molecule has 0 aliphatic heterocycles. The number of H-pyrrole nitrogens is 2. The van der Waals surface area contributed by atoms with E-state index in [-0.39, 0.29) is 5.56 Å². The minimum Gasteiger partial charge on any atom is -0.300 e. The first-order valence-electron chi connectivity index (χ1n) is 4.61. The number of nitrogens with one attached hydrogen (secondary N) is 2. The predicted molar refractivity (Wildman–Crippen MR) is 64.5 cm³/mol. The van der Waals surface area contributed by atoms with Gasteiger partial charge in [0.2, 0.25) is 0 Å². The van der Waals surface area contributed by atoms with Crippen LogP contribution in [0, 0.1) is 6.92 Å². The van der Waals surface area contributed by atoms with Gasteiger partial charge in [0.1, 0.15) is 0 Å². The van der Waals surface area contributed by atoms with Gasteiger partial charge in [0.15, 0.2) is 5.69 Å². The van der Waals surface area contributed by atoms with E-state index in [4.69, 9.17) is 0 Å². The fourth-order valence-corrected chi connectivity index (χ4v) is 1.59. The van der Waals surface area contributed by atoms with Crippen LogP contribution in [0.3, 0.4) is 0 Å². The molecule has 2 aromatic rings. The number of azo groups is 1. The zero-order valence-corrected chi connectivity index (χ0v) is 10.1. The first-order valence-corrected chi connectivity index (χ1v) is 5.40. The molecule has 2 rings (SSSR count). The Bertz CT molecular complexity index is 585. The Kier molecular flexibility index (Phi) is 3.00. The Morgan fingerprint density at radius 2 is 2.06 bits per heavy atom. The highest BCUT2D eigenvalue weighted by Gasteiger charge is 2.03.